The highest BCUT2D eigenvalue weighted by Crippen LogP contribution is 2.55. The third kappa shape index (κ3) is 3.96. The van der Waals surface area contributed by atoms with E-state index in [-0.39, 0.29) is 10.8 Å². The van der Waals surface area contributed by atoms with Gasteiger partial charge in [0.05, 0.1) is 16.5 Å². The van der Waals surface area contributed by atoms with Crippen LogP contribution >= 0.6 is 27.5 Å². The van der Waals surface area contributed by atoms with E-state index in [0.717, 1.165) is 10.2 Å². The van der Waals surface area contributed by atoms with Gasteiger partial charge in [-0.2, -0.15) is 0 Å². The Bertz CT molecular complexity index is 466. The van der Waals surface area contributed by atoms with Gasteiger partial charge in [0.1, 0.15) is 5.75 Å². The minimum Gasteiger partial charge on any atom is -0.493 e. The maximum atomic E-state index is 6.95. The molecule has 0 aromatic heterocycles. The van der Waals surface area contributed by atoms with E-state index in [1.54, 1.807) is 0 Å². The van der Waals surface area contributed by atoms with E-state index in [1.165, 1.54) is 37.7 Å². The second kappa shape index (κ2) is 7.37. The molecule has 0 saturated heterocycles. The highest BCUT2D eigenvalue weighted by molar-refractivity contribution is 9.10. The minimum atomic E-state index is 0.0920. The van der Waals surface area contributed by atoms with Crippen LogP contribution in [0.15, 0.2) is 22.7 Å². The van der Waals surface area contributed by atoms with Gasteiger partial charge in [-0.1, -0.05) is 32.8 Å². The number of hydrogen-bond donors (Lipinski definition) is 0. The lowest BCUT2D eigenvalue weighted by atomic mass is 9.73. The van der Waals surface area contributed by atoms with Gasteiger partial charge in [-0.3, -0.25) is 0 Å². The molecular weight excluding hydrogens is 348 g/mol. The fraction of sp³-hybridized carbons (Fsp3) is 0.667. The van der Waals surface area contributed by atoms with Crippen LogP contribution in [0.3, 0.4) is 0 Å². The fourth-order valence-corrected chi connectivity index (χ4v) is 4.71. The molecule has 3 heteroatoms. The van der Waals surface area contributed by atoms with Crippen molar-refractivity contribution in [1.82, 2.24) is 0 Å². The van der Waals surface area contributed by atoms with E-state index in [0.29, 0.717) is 12.5 Å². The largest absolute Gasteiger partial charge is 0.493 e. The summed E-state index contributed by atoms with van der Waals surface area (Å²) in [5.41, 5.74) is 1.48. The number of ether oxygens (including phenoxy) is 1. The predicted octanol–water partition coefficient (Wildman–Crippen LogP) is 6.73. The van der Waals surface area contributed by atoms with Gasteiger partial charge in [-0.25, -0.2) is 0 Å². The smallest absolute Gasteiger partial charge is 0.133 e. The Morgan fingerprint density at radius 3 is 2.48 bits per heavy atom. The van der Waals surface area contributed by atoms with E-state index in [4.69, 9.17) is 16.3 Å². The summed E-state index contributed by atoms with van der Waals surface area (Å²) in [6, 6.07) is 6.31. The number of hydrogen-bond acceptors (Lipinski definition) is 1. The summed E-state index contributed by atoms with van der Waals surface area (Å²) >= 11 is 10.6. The number of alkyl halides is 1. The van der Waals surface area contributed by atoms with Gasteiger partial charge >= 0.3 is 0 Å². The highest BCUT2D eigenvalue weighted by atomic mass is 79.9. The Kier molecular flexibility index (Phi) is 6.02. The third-order valence-electron chi connectivity index (χ3n) is 4.50. The average molecular weight is 374 g/mol. The maximum Gasteiger partial charge on any atom is 0.133 e. The molecule has 21 heavy (non-hydrogen) atoms. The van der Waals surface area contributed by atoms with Crippen LogP contribution in [0.25, 0.3) is 0 Å². The van der Waals surface area contributed by atoms with Crippen LogP contribution in [0.4, 0.5) is 0 Å². The Balaban J connectivity index is 2.24. The molecule has 1 unspecified atom stereocenters. The van der Waals surface area contributed by atoms with Crippen molar-refractivity contribution in [3.63, 3.8) is 0 Å². The molecule has 2 rings (SSSR count). The maximum absolute atomic E-state index is 6.95. The molecule has 118 valence electrons. The summed E-state index contributed by atoms with van der Waals surface area (Å²) < 4.78 is 6.60. The third-order valence-corrected chi connectivity index (χ3v) is 5.83. The molecule has 1 saturated carbocycles. The zero-order valence-electron chi connectivity index (χ0n) is 13.3. The molecule has 0 amide bonds. The summed E-state index contributed by atoms with van der Waals surface area (Å²) in [4.78, 5) is 0. The second-order valence-corrected chi connectivity index (χ2v) is 7.94. The van der Waals surface area contributed by atoms with Gasteiger partial charge in [0.2, 0.25) is 0 Å². The van der Waals surface area contributed by atoms with Crippen LogP contribution in [0.5, 0.6) is 5.75 Å². The Morgan fingerprint density at radius 2 is 1.95 bits per heavy atom. The van der Waals surface area contributed by atoms with E-state index in [9.17, 15) is 0 Å². The first kappa shape index (κ1) is 17.1. The van der Waals surface area contributed by atoms with Crippen molar-refractivity contribution in [2.45, 2.75) is 58.3 Å². The zero-order chi connectivity index (χ0) is 15.5. The molecule has 0 N–H and O–H groups in total. The van der Waals surface area contributed by atoms with Gasteiger partial charge in [0.15, 0.2) is 0 Å². The van der Waals surface area contributed by atoms with Crippen molar-refractivity contribution >= 4 is 27.5 Å². The van der Waals surface area contributed by atoms with Crippen LogP contribution in [-0.4, -0.2) is 6.61 Å². The van der Waals surface area contributed by atoms with E-state index >= 15 is 0 Å². The first-order valence-corrected chi connectivity index (χ1v) is 9.28. The lowest BCUT2D eigenvalue weighted by molar-refractivity contribution is 0.223. The summed E-state index contributed by atoms with van der Waals surface area (Å²) in [7, 11) is 0. The van der Waals surface area contributed by atoms with Gasteiger partial charge in [0.25, 0.3) is 0 Å². The zero-order valence-corrected chi connectivity index (χ0v) is 15.6. The van der Waals surface area contributed by atoms with Crippen molar-refractivity contribution in [3.8, 4) is 5.75 Å². The minimum absolute atomic E-state index is 0.0920. The fourth-order valence-electron chi connectivity index (χ4n) is 3.75. The normalized spacial score (nSPS) is 19.0. The molecule has 1 nitrogen and oxygen atoms in total. The second-order valence-electron chi connectivity index (χ2n) is 6.65. The summed E-state index contributed by atoms with van der Waals surface area (Å²) in [5.74, 6) is 1.59. The lowest BCUT2D eigenvalue weighted by Crippen LogP contribution is -2.24. The Labute approximate surface area is 142 Å². The number of benzene rings is 1. The molecular formula is C18H26BrClO. The van der Waals surface area contributed by atoms with Gasteiger partial charge in [0, 0.05) is 0 Å². The van der Waals surface area contributed by atoms with Crippen LogP contribution in [-0.2, 0) is 0 Å². The molecule has 0 bridgehead atoms. The molecule has 1 aromatic carbocycles. The Hall–Kier alpha value is -0.210. The van der Waals surface area contributed by atoms with E-state index in [1.807, 2.05) is 13.0 Å². The van der Waals surface area contributed by atoms with Crippen molar-refractivity contribution in [3.05, 3.63) is 28.2 Å². The van der Waals surface area contributed by atoms with Crippen LogP contribution in [0.2, 0.25) is 0 Å². The van der Waals surface area contributed by atoms with Crippen molar-refractivity contribution in [2.75, 3.05) is 6.61 Å². The number of halogens is 2. The monoisotopic (exact) mass is 372 g/mol. The van der Waals surface area contributed by atoms with E-state index in [2.05, 4.69) is 41.9 Å². The SMILES string of the molecule is CCOc1ccc(C(Cl)C2(CC(C)C)CCCC2)cc1Br. The van der Waals surface area contributed by atoms with E-state index < -0.39 is 0 Å². The summed E-state index contributed by atoms with van der Waals surface area (Å²) in [6.07, 6.45) is 6.35. The molecule has 1 atom stereocenters. The quantitative estimate of drug-likeness (QED) is 0.502. The van der Waals surface area contributed by atoms with Gasteiger partial charge in [-0.15, -0.1) is 11.6 Å². The predicted molar refractivity (Wildman–Crippen MR) is 94.3 cm³/mol. The molecule has 1 fully saturated rings. The first-order chi connectivity index (χ1) is 9.98. The average Bonchev–Trinajstić information content (AvgIpc) is 2.89. The van der Waals surface area contributed by atoms with Crippen LogP contribution in [0, 0.1) is 11.3 Å². The molecule has 1 aromatic rings. The van der Waals surface area contributed by atoms with Crippen molar-refractivity contribution in [2.24, 2.45) is 11.3 Å². The van der Waals surface area contributed by atoms with Crippen LogP contribution < -0.4 is 4.74 Å². The molecule has 0 radical (unpaired) electrons. The Morgan fingerprint density at radius 1 is 1.29 bits per heavy atom. The lowest BCUT2D eigenvalue weighted by Gasteiger charge is -2.36. The molecule has 0 spiro atoms. The van der Waals surface area contributed by atoms with Crippen molar-refractivity contribution in [1.29, 1.82) is 0 Å². The summed E-state index contributed by atoms with van der Waals surface area (Å²) in [6.45, 7) is 7.29. The number of rotatable bonds is 6. The molecule has 1 aliphatic rings. The summed E-state index contributed by atoms with van der Waals surface area (Å²) in [5, 5.41) is 0.0920. The molecule has 0 heterocycles. The highest BCUT2D eigenvalue weighted by Gasteiger charge is 2.41. The molecule has 1 aliphatic carbocycles. The molecule has 0 aliphatic heterocycles. The standard InChI is InChI=1S/C18H26BrClO/c1-4-21-16-8-7-14(11-15(16)19)17(20)18(12-13(2)3)9-5-6-10-18/h7-8,11,13,17H,4-6,9-10,12H2,1-3H3. The van der Waals surface area contributed by atoms with Gasteiger partial charge < -0.3 is 4.74 Å². The van der Waals surface area contributed by atoms with Gasteiger partial charge in [-0.05, 0) is 71.1 Å². The van der Waals surface area contributed by atoms with Crippen molar-refractivity contribution < 1.29 is 4.74 Å². The van der Waals surface area contributed by atoms with Crippen LogP contribution in [0.1, 0.15) is 63.8 Å². The first-order valence-electron chi connectivity index (χ1n) is 8.05. The topological polar surface area (TPSA) is 9.23 Å².